The molecule has 0 aliphatic carbocycles. The SMILES string of the molecule is COCOc1ccc([N+](=O)[O-])c(Oc2ccccc2OCC(=O)[O-])c1. The molecule has 0 amide bonds. The van der Waals surface area contributed by atoms with Gasteiger partial charge in [0.2, 0.25) is 5.75 Å². The van der Waals surface area contributed by atoms with Gasteiger partial charge in [-0.15, -0.1) is 0 Å². The van der Waals surface area contributed by atoms with E-state index in [4.69, 9.17) is 18.9 Å². The topological polar surface area (TPSA) is 120 Å². The Morgan fingerprint density at radius 3 is 2.44 bits per heavy atom. The highest BCUT2D eigenvalue weighted by atomic mass is 16.7. The number of hydrogen-bond acceptors (Lipinski definition) is 8. The first kappa shape index (κ1) is 18.0. The number of para-hydroxylation sites is 2. The van der Waals surface area contributed by atoms with Crippen molar-refractivity contribution >= 4 is 11.7 Å². The van der Waals surface area contributed by atoms with Crippen molar-refractivity contribution in [1.82, 2.24) is 0 Å². The number of ether oxygens (including phenoxy) is 4. The van der Waals surface area contributed by atoms with Crippen LogP contribution in [0.2, 0.25) is 0 Å². The fourth-order valence-corrected chi connectivity index (χ4v) is 1.85. The fraction of sp³-hybridized carbons (Fsp3) is 0.188. The van der Waals surface area contributed by atoms with Gasteiger partial charge in [-0.1, -0.05) is 12.1 Å². The van der Waals surface area contributed by atoms with E-state index in [1.54, 1.807) is 12.1 Å². The second-order valence-electron chi connectivity index (χ2n) is 4.65. The molecular formula is C16H14NO8-. The predicted molar refractivity (Wildman–Crippen MR) is 82.6 cm³/mol. The van der Waals surface area contributed by atoms with Crippen LogP contribution >= 0.6 is 0 Å². The summed E-state index contributed by atoms with van der Waals surface area (Å²) in [5, 5.41) is 21.7. The summed E-state index contributed by atoms with van der Waals surface area (Å²) in [5.74, 6) is -0.991. The molecule has 9 heteroatoms. The van der Waals surface area contributed by atoms with Crippen LogP contribution in [0, 0.1) is 10.1 Å². The normalized spacial score (nSPS) is 10.1. The van der Waals surface area contributed by atoms with Gasteiger partial charge in [0.15, 0.2) is 18.3 Å². The second kappa shape index (κ2) is 8.50. The third kappa shape index (κ3) is 5.08. The lowest BCUT2D eigenvalue weighted by molar-refractivity contribution is -0.385. The first-order valence-corrected chi connectivity index (χ1v) is 7.01. The summed E-state index contributed by atoms with van der Waals surface area (Å²) in [5.41, 5.74) is -0.292. The Morgan fingerprint density at radius 1 is 1.08 bits per heavy atom. The molecule has 0 bridgehead atoms. The van der Waals surface area contributed by atoms with Crippen LogP contribution in [0.25, 0.3) is 0 Å². The molecule has 0 saturated heterocycles. The van der Waals surface area contributed by atoms with Gasteiger partial charge in [0, 0.05) is 19.2 Å². The monoisotopic (exact) mass is 348 g/mol. The average Bonchev–Trinajstić information content (AvgIpc) is 2.59. The van der Waals surface area contributed by atoms with Crippen molar-refractivity contribution in [3.63, 3.8) is 0 Å². The van der Waals surface area contributed by atoms with E-state index in [0.29, 0.717) is 5.75 Å². The van der Waals surface area contributed by atoms with Crippen molar-refractivity contribution in [3.05, 3.63) is 52.6 Å². The number of methoxy groups -OCH3 is 1. The maximum Gasteiger partial charge on any atom is 0.311 e. The number of hydrogen-bond donors (Lipinski definition) is 0. The minimum Gasteiger partial charge on any atom is -0.546 e. The van der Waals surface area contributed by atoms with Gasteiger partial charge in [-0.25, -0.2) is 0 Å². The predicted octanol–water partition coefficient (Wildman–Crippen LogP) is 1.50. The highest BCUT2D eigenvalue weighted by Crippen LogP contribution is 2.38. The van der Waals surface area contributed by atoms with Crippen LogP contribution in [0.5, 0.6) is 23.0 Å². The van der Waals surface area contributed by atoms with E-state index in [0.717, 1.165) is 0 Å². The third-order valence-electron chi connectivity index (χ3n) is 2.89. The van der Waals surface area contributed by atoms with E-state index in [1.807, 2.05) is 0 Å². The quantitative estimate of drug-likeness (QED) is 0.380. The number of nitrogens with zero attached hydrogens (tertiary/aromatic N) is 1. The van der Waals surface area contributed by atoms with Gasteiger partial charge in [-0.3, -0.25) is 10.1 Å². The molecule has 0 spiro atoms. The Bertz CT molecular complexity index is 762. The van der Waals surface area contributed by atoms with Crippen molar-refractivity contribution in [2.45, 2.75) is 0 Å². The van der Waals surface area contributed by atoms with E-state index in [2.05, 4.69) is 0 Å². The second-order valence-corrected chi connectivity index (χ2v) is 4.65. The Morgan fingerprint density at radius 2 is 1.80 bits per heavy atom. The van der Waals surface area contributed by atoms with Gasteiger partial charge in [-0.05, 0) is 18.2 Å². The lowest BCUT2D eigenvalue weighted by atomic mass is 10.2. The van der Waals surface area contributed by atoms with Crippen LogP contribution in [-0.2, 0) is 9.53 Å². The van der Waals surface area contributed by atoms with Gasteiger partial charge in [0.25, 0.3) is 0 Å². The first-order valence-electron chi connectivity index (χ1n) is 7.01. The summed E-state index contributed by atoms with van der Waals surface area (Å²) in [4.78, 5) is 21.1. The highest BCUT2D eigenvalue weighted by Gasteiger charge is 2.18. The van der Waals surface area contributed by atoms with Gasteiger partial charge in [0.05, 0.1) is 10.9 Å². The molecule has 9 nitrogen and oxygen atoms in total. The number of carbonyl (C=O) groups excluding carboxylic acids is 1. The molecule has 2 aromatic carbocycles. The smallest absolute Gasteiger partial charge is 0.311 e. The molecule has 132 valence electrons. The third-order valence-corrected chi connectivity index (χ3v) is 2.89. The Hall–Kier alpha value is -3.33. The summed E-state index contributed by atoms with van der Waals surface area (Å²) in [6.45, 7) is -0.720. The lowest BCUT2D eigenvalue weighted by Gasteiger charge is -2.13. The van der Waals surface area contributed by atoms with Crippen LogP contribution in [-0.4, -0.2) is 31.4 Å². The summed E-state index contributed by atoms with van der Waals surface area (Å²) in [6, 6.07) is 10.1. The molecule has 0 saturated carbocycles. The van der Waals surface area contributed by atoms with E-state index >= 15 is 0 Å². The van der Waals surface area contributed by atoms with Crippen molar-refractivity contribution in [3.8, 4) is 23.0 Å². The van der Waals surface area contributed by atoms with Crippen LogP contribution in [0.3, 0.4) is 0 Å². The summed E-state index contributed by atoms with van der Waals surface area (Å²) in [7, 11) is 1.44. The highest BCUT2D eigenvalue weighted by molar-refractivity contribution is 5.66. The molecule has 0 aromatic heterocycles. The molecule has 2 aromatic rings. The largest absolute Gasteiger partial charge is 0.546 e. The van der Waals surface area contributed by atoms with Gasteiger partial charge in [0.1, 0.15) is 12.4 Å². The molecule has 0 aliphatic heterocycles. The van der Waals surface area contributed by atoms with Crippen LogP contribution in [0.4, 0.5) is 5.69 Å². The molecule has 0 fully saturated rings. The Labute approximate surface area is 142 Å². The molecule has 0 atom stereocenters. The summed E-state index contributed by atoms with van der Waals surface area (Å²) in [6.07, 6.45) is 0. The van der Waals surface area contributed by atoms with Gasteiger partial charge < -0.3 is 28.8 Å². The van der Waals surface area contributed by atoms with E-state index < -0.39 is 17.5 Å². The Balaban J connectivity index is 2.31. The molecule has 0 radical (unpaired) electrons. The van der Waals surface area contributed by atoms with E-state index in [-0.39, 0.29) is 29.7 Å². The molecule has 0 N–H and O–H groups in total. The number of nitro benzene ring substituents is 1. The zero-order chi connectivity index (χ0) is 18.2. The van der Waals surface area contributed by atoms with Crippen molar-refractivity contribution in [2.75, 3.05) is 20.5 Å². The standard InChI is InChI=1S/C16H15NO8/c1-22-10-24-11-6-7-12(17(20)21)15(8-11)25-14-5-3-2-4-13(14)23-9-16(18)19/h2-8H,9-10H2,1H3,(H,18,19)/p-1. The maximum absolute atomic E-state index is 11.2. The fourth-order valence-electron chi connectivity index (χ4n) is 1.85. The zero-order valence-electron chi connectivity index (χ0n) is 13.2. The van der Waals surface area contributed by atoms with E-state index in [9.17, 15) is 20.0 Å². The van der Waals surface area contributed by atoms with Crippen LogP contribution < -0.4 is 19.3 Å². The number of benzene rings is 2. The van der Waals surface area contributed by atoms with Crippen molar-refractivity contribution in [1.29, 1.82) is 0 Å². The number of carboxylic acids is 1. The number of rotatable bonds is 9. The van der Waals surface area contributed by atoms with E-state index in [1.165, 1.54) is 37.4 Å². The Kier molecular flexibility index (Phi) is 6.13. The van der Waals surface area contributed by atoms with Crippen molar-refractivity contribution in [2.24, 2.45) is 0 Å². The first-order chi connectivity index (χ1) is 12.0. The number of aliphatic carboxylic acids is 1. The minimum atomic E-state index is -1.41. The summed E-state index contributed by atoms with van der Waals surface area (Å²) >= 11 is 0. The number of nitro groups is 1. The molecular weight excluding hydrogens is 334 g/mol. The molecule has 0 heterocycles. The molecule has 0 unspecified atom stereocenters. The number of carboxylic acid groups (broad SMARTS) is 1. The van der Waals surface area contributed by atoms with Crippen LogP contribution in [0.1, 0.15) is 0 Å². The lowest BCUT2D eigenvalue weighted by Crippen LogP contribution is -2.29. The number of carbonyl (C=O) groups is 1. The van der Waals surface area contributed by atoms with Crippen molar-refractivity contribution < 1.29 is 33.8 Å². The molecule has 0 aliphatic rings. The maximum atomic E-state index is 11.2. The van der Waals surface area contributed by atoms with Gasteiger partial charge in [-0.2, -0.15) is 0 Å². The molecule has 25 heavy (non-hydrogen) atoms. The zero-order valence-corrected chi connectivity index (χ0v) is 13.2. The average molecular weight is 348 g/mol. The minimum absolute atomic E-state index is 0.0391. The van der Waals surface area contributed by atoms with Gasteiger partial charge >= 0.3 is 5.69 Å². The molecule has 2 rings (SSSR count). The van der Waals surface area contributed by atoms with Crippen LogP contribution in [0.15, 0.2) is 42.5 Å². The summed E-state index contributed by atoms with van der Waals surface area (Å²) < 4.78 is 20.6.